The van der Waals surface area contributed by atoms with Crippen LogP contribution in [-0.2, 0) is 6.42 Å². The van der Waals surface area contributed by atoms with Crippen LogP contribution in [0.4, 0.5) is 0 Å². The number of carbonyl (C=O) groups is 1. The van der Waals surface area contributed by atoms with Crippen LogP contribution in [0.25, 0.3) is 0 Å². The molecule has 0 radical (unpaired) electrons. The molecule has 0 aliphatic carbocycles. The molecule has 2 atom stereocenters. The summed E-state index contributed by atoms with van der Waals surface area (Å²) in [4.78, 5) is 12.6. The molecular weight excluding hydrogens is 262 g/mol. The van der Waals surface area contributed by atoms with E-state index in [1.165, 1.54) is 0 Å². The zero-order chi connectivity index (χ0) is 14.8. The number of ether oxygens (including phenoxy) is 1. The predicted octanol–water partition coefficient (Wildman–Crippen LogP) is 3.14. The average molecular weight is 281 g/mol. The van der Waals surface area contributed by atoms with E-state index < -0.39 is 0 Å². The van der Waals surface area contributed by atoms with Crippen LogP contribution in [0.5, 0.6) is 5.75 Å². The van der Waals surface area contributed by atoms with Gasteiger partial charge in [0.25, 0.3) is 0 Å². The van der Waals surface area contributed by atoms with Crippen molar-refractivity contribution in [3.05, 3.63) is 65.2 Å². The third-order valence-corrected chi connectivity index (χ3v) is 4.11. The highest BCUT2D eigenvalue weighted by Crippen LogP contribution is 2.28. The number of carbonyl (C=O) groups excluding carboxylic acids is 1. The fraction of sp³-hybridized carbons (Fsp3) is 0.278. The van der Waals surface area contributed by atoms with Gasteiger partial charge in [-0.25, -0.2) is 0 Å². The fourth-order valence-electron chi connectivity index (χ4n) is 2.73. The van der Waals surface area contributed by atoms with Gasteiger partial charge in [-0.2, -0.15) is 0 Å². The molecule has 0 saturated heterocycles. The fourth-order valence-corrected chi connectivity index (χ4v) is 2.73. The highest BCUT2D eigenvalue weighted by molar-refractivity contribution is 5.98. The van der Waals surface area contributed by atoms with Crippen molar-refractivity contribution in [2.24, 2.45) is 11.7 Å². The number of Topliss-reactive ketones (excluding diaryl/α,β-unsaturated/α-hetero) is 1. The number of rotatable bonds is 4. The molecule has 2 N–H and O–H groups in total. The van der Waals surface area contributed by atoms with Gasteiger partial charge in [0, 0.05) is 23.9 Å². The smallest absolute Gasteiger partial charge is 0.167 e. The van der Waals surface area contributed by atoms with Crippen molar-refractivity contribution in [2.75, 3.05) is 6.61 Å². The Bertz CT molecular complexity index is 652. The van der Waals surface area contributed by atoms with Crippen molar-refractivity contribution < 1.29 is 9.53 Å². The number of hydrogen-bond acceptors (Lipinski definition) is 3. The van der Waals surface area contributed by atoms with Gasteiger partial charge in [0.2, 0.25) is 0 Å². The zero-order valence-corrected chi connectivity index (χ0v) is 12.1. The molecule has 0 bridgehead atoms. The molecule has 2 unspecified atom stereocenters. The molecule has 1 aliphatic rings. The molecule has 1 heterocycles. The lowest BCUT2D eigenvalue weighted by Gasteiger charge is -2.19. The van der Waals surface area contributed by atoms with E-state index in [4.69, 9.17) is 10.5 Å². The van der Waals surface area contributed by atoms with Gasteiger partial charge in [-0.15, -0.1) is 0 Å². The lowest BCUT2D eigenvalue weighted by molar-refractivity contribution is 0.0912. The average Bonchev–Trinajstić information content (AvgIpc) is 3.01. The minimum absolute atomic E-state index is 0.0843. The maximum absolute atomic E-state index is 12.6. The van der Waals surface area contributed by atoms with Crippen LogP contribution in [0.2, 0.25) is 0 Å². The van der Waals surface area contributed by atoms with Crippen molar-refractivity contribution in [1.29, 1.82) is 0 Å². The molecule has 0 amide bonds. The van der Waals surface area contributed by atoms with Gasteiger partial charge in [-0.05, 0) is 29.3 Å². The largest absolute Gasteiger partial charge is 0.493 e. The third-order valence-electron chi connectivity index (χ3n) is 4.11. The number of fused-ring (bicyclic) bond motifs is 1. The topological polar surface area (TPSA) is 52.3 Å². The minimum atomic E-state index is -0.289. The lowest BCUT2D eigenvalue weighted by Crippen LogP contribution is -2.26. The second-order valence-corrected chi connectivity index (χ2v) is 5.51. The van der Waals surface area contributed by atoms with Crippen LogP contribution in [0.15, 0.2) is 48.5 Å². The van der Waals surface area contributed by atoms with E-state index in [9.17, 15) is 4.79 Å². The van der Waals surface area contributed by atoms with Crippen LogP contribution >= 0.6 is 0 Å². The van der Waals surface area contributed by atoms with Gasteiger partial charge < -0.3 is 10.5 Å². The Morgan fingerprint density at radius 2 is 1.95 bits per heavy atom. The summed E-state index contributed by atoms with van der Waals surface area (Å²) in [5.74, 6) is 0.723. The van der Waals surface area contributed by atoms with Crippen LogP contribution < -0.4 is 10.5 Å². The standard InChI is InChI=1S/C18H19NO2/c1-12(17(19)13-5-3-2-4-6-13)18(20)15-7-8-16-14(11-15)9-10-21-16/h2-8,11-12,17H,9-10,19H2,1H3. The van der Waals surface area contributed by atoms with Crippen LogP contribution in [0.3, 0.4) is 0 Å². The highest BCUT2D eigenvalue weighted by Gasteiger charge is 2.24. The summed E-state index contributed by atoms with van der Waals surface area (Å²) in [7, 11) is 0. The summed E-state index contributed by atoms with van der Waals surface area (Å²) in [6.07, 6.45) is 0.871. The number of ketones is 1. The monoisotopic (exact) mass is 281 g/mol. The van der Waals surface area contributed by atoms with Gasteiger partial charge >= 0.3 is 0 Å². The SMILES string of the molecule is CC(C(=O)c1ccc2c(c1)CCO2)C(N)c1ccccc1. The third kappa shape index (κ3) is 2.69. The first kappa shape index (κ1) is 13.8. The second-order valence-electron chi connectivity index (χ2n) is 5.51. The molecule has 1 aliphatic heterocycles. The molecule has 0 saturated carbocycles. The minimum Gasteiger partial charge on any atom is -0.493 e. The van der Waals surface area contributed by atoms with Gasteiger partial charge in [-0.3, -0.25) is 4.79 Å². The van der Waals surface area contributed by atoms with Crippen LogP contribution in [-0.4, -0.2) is 12.4 Å². The van der Waals surface area contributed by atoms with Crippen molar-refractivity contribution in [2.45, 2.75) is 19.4 Å². The summed E-state index contributed by atoms with van der Waals surface area (Å²) >= 11 is 0. The first-order valence-electron chi connectivity index (χ1n) is 7.27. The predicted molar refractivity (Wildman–Crippen MR) is 82.5 cm³/mol. The van der Waals surface area contributed by atoms with Crippen molar-refractivity contribution in [1.82, 2.24) is 0 Å². The van der Waals surface area contributed by atoms with Gasteiger partial charge in [0.05, 0.1) is 6.61 Å². The number of nitrogens with two attached hydrogens (primary N) is 1. The lowest BCUT2D eigenvalue weighted by atomic mass is 9.88. The summed E-state index contributed by atoms with van der Waals surface area (Å²) in [6, 6.07) is 15.1. The van der Waals surface area contributed by atoms with E-state index in [2.05, 4.69) is 0 Å². The van der Waals surface area contributed by atoms with E-state index in [-0.39, 0.29) is 17.7 Å². The summed E-state index contributed by atoms with van der Waals surface area (Å²) in [6.45, 7) is 2.59. The Hall–Kier alpha value is -2.13. The Kier molecular flexibility index (Phi) is 3.76. The molecule has 108 valence electrons. The Balaban J connectivity index is 1.81. The molecular formula is C18H19NO2. The first-order chi connectivity index (χ1) is 10.2. The maximum atomic E-state index is 12.6. The number of hydrogen-bond donors (Lipinski definition) is 1. The Morgan fingerprint density at radius 3 is 2.71 bits per heavy atom. The molecule has 0 spiro atoms. The van der Waals surface area contributed by atoms with E-state index in [0.29, 0.717) is 6.61 Å². The Labute approximate surface area is 124 Å². The van der Waals surface area contributed by atoms with Crippen molar-refractivity contribution >= 4 is 5.78 Å². The van der Waals surface area contributed by atoms with Crippen molar-refractivity contribution in [3.8, 4) is 5.75 Å². The zero-order valence-electron chi connectivity index (χ0n) is 12.1. The van der Waals surface area contributed by atoms with Crippen LogP contribution in [0.1, 0.15) is 34.5 Å². The van der Waals surface area contributed by atoms with Gasteiger partial charge in [0.1, 0.15) is 5.75 Å². The molecule has 0 aromatic heterocycles. The number of benzene rings is 2. The summed E-state index contributed by atoms with van der Waals surface area (Å²) < 4.78 is 5.47. The first-order valence-corrected chi connectivity index (χ1v) is 7.27. The van der Waals surface area contributed by atoms with E-state index in [1.54, 1.807) is 0 Å². The van der Waals surface area contributed by atoms with Gasteiger partial charge in [-0.1, -0.05) is 37.3 Å². The Morgan fingerprint density at radius 1 is 1.19 bits per heavy atom. The normalized spacial score (nSPS) is 15.9. The van der Waals surface area contributed by atoms with Crippen LogP contribution in [0, 0.1) is 5.92 Å². The molecule has 0 fully saturated rings. The molecule has 3 nitrogen and oxygen atoms in total. The molecule has 2 aromatic rings. The molecule has 3 heteroatoms. The summed E-state index contributed by atoms with van der Waals surface area (Å²) in [5, 5.41) is 0. The van der Waals surface area contributed by atoms with Crippen molar-refractivity contribution in [3.63, 3.8) is 0 Å². The maximum Gasteiger partial charge on any atom is 0.167 e. The van der Waals surface area contributed by atoms with E-state index in [1.807, 2.05) is 55.5 Å². The highest BCUT2D eigenvalue weighted by atomic mass is 16.5. The molecule has 3 rings (SSSR count). The molecule has 2 aromatic carbocycles. The summed E-state index contributed by atoms with van der Waals surface area (Å²) in [5.41, 5.74) is 9.07. The van der Waals surface area contributed by atoms with Gasteiger partial charge in [0.15, 0.2) is 5.78 Å². The van der Waals surface area contributed by atoms with E-state index >= 15 is 0 Å². The molecule has 21 heavy (non-hydrogen) atoms. The van der Waals surface area contributed by atoms with E-state index in [0.717, 1.165) is 28.9 Å². The second kappa shape index (κ2) is 5.70. The quantitative estimate of drug-likeness (QED) is 0.876.